The molecule has 4 atom stereocenters. The number of carbonyl (C=O) groups is 2. The van der Waals surface area contributed by atoms with Crippen LogP contribution in [0, 0.1) is 5.92 Å². The summed E-state index contributed by atoms with van der Waals surface area (Å²) in [4.78, 5) is 28.1. The number of hydrogen-bond donors (Lipinski definition) is 3. The first-order valence-electron chi connectivity index (χ1n) is 13.3. The van der Waals surface area contributed by atoms with Gasteiger partial charge in [0.05, 0.1) is 13.2 Å². The van der Waals surface area contributed by atoms with E-state index in [2.05, 4.69) is 4.98 Å². The van der Waals surface area contributed by atoms with Crippen molar-refractivity contribution in [3.05, 3.63) is 36.0 Å². The Morgan fingerprint density at radius 3 is 2.53 bits per heavy atom. The molecule has 0 radical (unpaired) electrons. The lowest BCUT2D eigenvalue weighted by atomic mass is 9.83. The van der Waals surface area contributed by atoms with E-state index in [1.54, 1.807) is 30.5 Å². The van der Waals surface area contributed by atoms with Crippen LogP contribution < -0.4 is 10.5 Å². The van der Waals surface area contributed by atoms with E-state index in [0.29, 0.717) is 37.3 Å². The molecular weight excluding hydrogens is 488 g/mol. The average Bonchev–Trinajstić information content (AvgIpc) is 2.84. The highest BCUT2D eigenvalue weighted by Gasteiger charge is 2.31. The van der Waals surface area contributed by atoms with Gasteiger partial charge in [0, 0.05) is 26.5 Å². The number of rotatable bonds is 10. The molecule has 38 heavy (non-hydrogen) atoms. The van der Waals surface area contributed by atoms with Crippen molar-refractivity contribution < 1.29 is 34.0 Å². The van der Waals surface area contributed by atoms with Gasteiger partial charge in [-0.05, 0) is 79.0 Å². The van der Waals surface area contributed by atoms with Crippen LogP contribution in [0.5, 0.6) is 11.5 Å². The monoisotopic (exact) mass is 528 g/mol. The van der Waals surface area contributed by atoms with Gasteiger partial charge >= 0.3 is 11.9 Å². The summed E-state index contributed by atoms with van der Waals surface area (Å²) >= 11 is 0. The van der Waals surface area contributed by atoms with Gasteiger partial charge in [0.25, 0.3) is 0 Å². The first-order chi connectivity index (χ1) is 18.2. The molecular formula is C29H40N2O7. The molecule has 1 aromatic heterocycles. The summed E-state index contributed by atoms with van der Waals surface area (Å²) in [7, 11) is 1.48. The Hall–Kier alpha value is -3.33. The maximum Gasteiger partial charge on any atom is 0.302 e. The normalized spacial score (nSPS) is 19.5. The molecule has 4 N–H and O–H groups in total. The number of phenolic OH excluding ortho intramolecular Hbond substituents is 1. The van der Waals surface area contributed by atoms with Crippen molar-refractivity contribution in [2.45, 2.75) is 89.9 Å². The predicted octanol–water partition coefficient (Wildman–Crippen LogP) is 4.56. The topological polar surface area (TPSA) is 141 Å². The minimum atomic E-state index is -0.519. The molecule has 0 spiro atoms. The van der Waals surface area contributed by atoms with Crippen molar-refractivity contribution in [2.24, 2.45) is 5.92 Å². The standard InChI is InChI=1S/C29H40N2O7/c1-18(32)37-24(16-27(38-19(2)33)22-7-5-4-6-8-23(34)13-22)10-9-20-14-28(36-3)26(35)17-25(20)21-11-12-31-29(30)15-21/h11-12,14-15,17,22-24,27,34-35H,4-10,13,16H2,1-3H3,(H2,30,31). The van der Waals surface area contributed by atoms with E-state index in [9.17, 15) is 19.8 Å². The van der Waals surface area contributed by atoms with Crippen molar-refractivity contribution in [2.75, 3.05) is 12.8 Å². The summed E-state index contributed by atoms with van der Waals surface area (Å²) in [6.45, 7) is 2.74. The lowest BCUT2D eigenvalue weighted by Gasteiger charge is -2.32. The number of carbonyl (C=O) groups excluding carboxylic acids is 2. The summed E-state index contributed by atoms with van der Waals surface area (Å²) in [6.07, 6.45) is 6.59. The predicted molar refractivity (Wildman–Crippen MR) is 144 cm³/mol. The summed E-state index contributed by atoms with van der Waals surface area (Å²) in [6, 6.07) is 6.93. The minimum absolute atomic E-state index is 0.00377. The van der Waals surface area contributed by atoms with Gasteiger partial charge in [-0.1, -0.05) is 19.3 Å². The number of phenols is 1. The first kappa shape index (κ1) is 29.2. The Morgan fingerprint density at radius 1 is 1.11 bits per heavy atom. The molecule has 9 nitrogen and oxygen atoms in total. The second kappa shape index (κ2) is 14.0. The molecule has 1 aliphatic rings. The average molecular weight is 529 g/mol. The molecule has 0 amide bonds. The van der Waals surface area contributed by atoms with Crippen LogP contribution in [-0.2, 0) is 25.5 Å². The number of nitrogens with two attached hydrogens (primary N) is 1. The van der Waals surface area contributed by atoms with Gasteiger partial charge in [-0.2, -0.15) is 0 Å². The minimum Gasteiger partial charge on any atom is -0.504 e. The number of hydrogen-bond acceptors (Lipinski definition) is 9. The van der Waals surface area contributed by atoms with Gasteiger partial charge in [0.15, 0.2) is 11.5 Å². The van der Waals surface area contributed by atoms with Gasteiger partial charge in [-0.3, -0.25) is 9.59 Å². The molecule has 4 unspecified atom stereocenters. The van der Waals surface area contributed by atoms with Crippen molar-refractivity contribution in [3.63, 3.8) is 0 Å². The number of pyridine rings is 1. The van der Waals surface area contributed by atoms with E-state index in [-0.39, 0.29) is 11.7 Å². The molecule has 3 rings (SSSR count). The summed E-state index contributed by atoms with van der Waals surface area (Å²) < 4.78 is 16.8. The Balaban J connectivity index is 1.86. The smallest absolute Gasteiger partial charge is 0.302 e. The number of aryl methyl sites for hydroxylation is 1. The molecule has 9 heteroatoms. The van der Waals surface area contributed by atoms with E-state index in [0.717, 1.165) is 48.8 Å². The van der Waals surface area contributed by atoms with Gasteiger partial charge in [-0.25, -0.2) is 4.98 Å². The number of aliphatic hydroxyl groups is 1. The van der Waals surface area contributed by atoms with Gasteiger partial charge < -0.3 is 30.2 Å². The number of anilines is 1. The summed E-state index contributed by atoms with van der Waals surface area (Å²) in [5, 5.41) is 20.9. The SMILES string of the molecule is COc1cc(CCC(CC(OC(C)=O)C2CCCCCC(O)C2)OC(C)=O)c(-c2ccnc(N)c2)cc1O. The quantitative estimate of drug-likeness (QED) is 0.378. The number of nitrogens with zero attached hydrogens (tertiary/aromatic N) is 1. The Morgan fingerprint density at radius 2 is 1.84 bits per heavy atom. The fraction of sp³-hybridized carbons (Fsp3) is 0.552. The van der Waals surface area contributed by atoms with Gasteiger partial charge in [0.2, 0.25) is 0 Å². The number of ether oxygens (including phenoxy) is 3. The van der Waals surface area contributed by atoms with Crippen molar-refractivity contribution in [1.82, 2.24) is 4.98 Å². The number of esters is 2. The summed E-state index contributed by atoms with van der Waals surface area (Å²) in [5.74, 6) is -0.149. The molecule has 1 saturated carbocycles. The van der Waals surface area contributed by atoms with Crippen LogP contribution in [-0.4, -0.2) is 52.6 Å². The first-order valence-corrected chi connectivity index (χ1v) is 13.3. The highest BCUT2D eigenvalue weighted by atomic mass is 16.6. The molecule has 1 heterocycles. The third-order valence-electron chi connectivity index (χ3n) is 7.09. The fourth-order valence-electron chi connectivity index (χ4n) is 5.34. The Kier molecular flexibility index (Phi) is 10.8. The highest BCUT2D eigenvalue weighted by molar-refractivity contribution is 5.72. The van der Waals surface area contributed by atoms with Gasteiger partial charge in [0.1, 0.15) is 18.0 Å². The second-order valence-corrected chi connectivity index (χ2v) is 10.1. The molecule has 2 aromatic rings. The van der Waals surface area contributed by atoms with Crippen LogP contribution in [0.4, 0.5) is 5.82 Å². The van der Waals surface area contributed by atoms with Crippen molar-refractivity contribution in [3.8, 4) is 22.6 Å². The van der Waals surface area contributed by atoms with E-state index in [1.165, 1.54) is 21.0 Å². The maximum absolute atomic E-state index is 12.0. The largest absolute Gasteiger partial charge is 0.504 e. The van der Waals surface area contributed by atoms with Crippen LogP contribution in [0.3, 0.4) is 0 Å². The third-order valence-corrected chi connectivity index (χ3v) is 7.09. The van der Waals surface area contributed by atoms with E-state index in [1.807, 2.05) is 0 Å². The number of nitrogen functional groups attached to an aromatic ring is 1. The lowest BCUT2D eigenvalue weighted by molar-refractivity contribution is -0.156. The molecule has 0 aliphatic heterocycles. The number of methoxy groups -OCH3 is 1. The molecule has 0 bridgehead atoms. The van der Waals surface area contributed by atoms with Crippen LogP contribution >= 0.6 is 0 Å². The highest BCUT2D eigenvalue weighted by Crippen LogP contribution is 2.37. The van der Waals surface area contributed by atoms with Crippen LogP contribution in [0.15, 0.2) is 30.5 Å². The number of benzene rings is 1. The third kappa shape index (κ3) is 8.62. The zero-order chi connectivity index (χ0) is 27.7. The molecule has 1 aliphatic carbocycles. The Bertz CT molecular complexity index is 1090. The second-order valence-electron chi connectivity index (χ2n) is 10.1. The zero-order valence-corrected chi connectivity index (χ0v) is 22.5. The van der Waals surface area contributed by atoms with Crippen LogP contribution in [0.2, 0.25) is 0 Å². The molecule has 1 aromatic carbocycles. The number of aromatic nitrogens is 1. The number of aromatic hydroxyl groups is 1. The van der Waals surface area contributed by atoms with Crippen molar-refractivity contribution in [1.29, 1.82) is 0 Å². The number of aliphatic hydroxyl groups excluding tert-OH is 1. The Labute approximate surface area is 224 Å². The zero-order valence-electron chi connectivity index (χ0n) is 22.5. The van der Waals surface area contributed by atoms with Gasteiger partial charge in [-0.15, -0.1) is 0 Å². The van der Waals surface area contributed by atoms with E-state index >= 15 is 0 Å². The molecule has 1 fully saturated rings. The fourth-order valence-corrected chi connectivity index (χ4v) is 5.34. The lowest BCUT2D eigenvalue weighted by Crippen LogP contribution is -2.35. The van der Waals surface area contributed by atoms with Crippen LogP contribution in [0.1, 0.15) is 70.8 Å². The van der Waals surface area contributed by atoms with Crippen LogP contribution in [0.25, 0.3) is 11.1 Å². The molecule has 208 valence electrons. The van der Waals surface area contributed by atoms with Crippen molar-refractivity contribution >= 4 is 17.8 Å². The maximum atomic E-state index is 12.0. The van der Waals surface area contributed by atoms with E-state index in [4.69, 9.17) is 19.9 Å². The van der Waals surface area contributed by atoms with E-state index < -0.39 is 30.3 Å². The summed E-state index contributed by atoms with van der Waals surface area (Å²) in [5.41, 5.74) is 8.32. The molecule has 0 saturated heterocycles.